The molecule has 0 aliphatic heterocycles. The minimum absolute atomic E-state index is 0.228. The highest BCUT2D eigenvalue weighted by Gasteiger charge is 2.06. The van der Waals surface area contributed by atoms with Crippen LogP contribution in [0.2, 0.25) is 0 Å². The van der Waals surface area contributed by atoms with Gasteiger partial charge in [0.25, 0.3) is 0 Å². The summed E-state index contributed by atoms with van der Waals surface area (Å²) in [7, 11) is 0. The van der Waals surface area contributed by atoms with Crippen molar-refractivity contribution in [2.24, 2.45) is 5.73 Å². The molecule has 1 heterocycles. The second-order valence-corrected chi connectivity index (χ2v) is 3.68. The van der Waals surface area contributed by atoms with Gasteiger partial charge < -0.3 is 5.73 Å². The lowest BCUT2D eigenvalue weighted by Crippen LogP contribution is -2.16. The zero-order chi connectivity index (χ0) is 10.6. The van der Waals surface area contributed by atoms with Crippen LogP contribution in [0.15, 0.2) is 9.95 Å². The third-order valence-corrected chi connectivity index (χ3v) is 2.60. The van der Waals surface area contributed by atoms with Crippen molar-refractivity contribution in [3.05, 3.63) is 10.5 Å². The van der Waals surface area contributed by atoms with Crippen LogP contribution in [0.4, 0.5) is 0 Å². The third-order valence-electron chi connectivity index (χ3n) is 1.62. The number of rotatable bonds is 5. The molecule has 1 aromatic heterocycles. The quantitative estimate of drug-likeness (QED) is 0.652. The van der Waals surface area contributed by atoms with E-state index in [1.807, 2.05) is 6.92 Å². The predicted molar refractivity (Wildman–Crippen MR) is 53.1 cm³/mol. The summed E-state index contributed by atoms with van der Waals surface area (Å²) in [5.41, 5.74) is 4.76. The van der Waals surface area contributed by atoms with Crippen molar-refractivity contribution in [3.63, 3.8) is 0 Å². The van der Waals surface area contributed by atoms with Crippen molar-refractivity contribution in [1.29, 1.82) is 0 Å². The lowest BCUT2D eigenvalue weighted by atomic mass is 10.5. The van der Waals surface area contributed by atoms with E-state index >= 15 is 0 Å². The van der Waals surface area contributed by atoms with Gasteiger partial charge in [0.15, 0.2) is 5.16 Å². The minimum atomic E-state index is -0.349. The van der Waals surface area contributed by atoms with Crippen LogP contribution in [0.3, 0.4) is 0 Å². The van der Waals surface area contributed by atoms with Crippen LogP contribution in [0, 0.1) is 0 Å². The first kappa shape index (κ1) is 10.8. The van der Waals surface area contributed by atoms with Gasteiger partial charge in [-0.1, -0.05) is 11.8 Å². The highest BCUT2D eigenvalue weighted by molar-refractivity contribution is 7.99. The van der Waals surface area contributed by atoms with Crippen LogP contribution in [0.5, 0.6) is 0 Å². The van der Waals surface area contributed by atoms with Crippen molar-refractivity contribution in [2.75, 3.05) is 5.75 Å². The molecule has 0 radical (unpaired) electrons. The highest BCUT2D eigenvalue weighted by atomic mass is 32.2. The van der Waals surface area contributed by atoms with E-state index in [0.29, 0.717) is 17.5 Å². The number of carbonyl (C=O) groups is 1. The molecule has 6 nitrogen and oxygen atoms in total. The fraction of sp³-hybridized carbons (Fsp3) is 0.571. The topological polar surface area (TPSA) is 93.8 Å². The number of thioether (sulfide) groups is 1. The largest absolute Gasteiger partial charge is 0.370 e. The van der Waals surface area contributed by atoms with E-state index in [2.05, 4.69) is 10.2 Å². The lowest BCUT2D eigenvalue weighted by Gasteiger charge is -1.99. The molecule has 78 valence electrons. The van der Waals surface area contributed by atoms with Gasteiger partial charge in [-0.05, 0) is 6.92 Å². The van der Waals surface area contributed by atoms with Crippen molar-refractivity contribution >= 4 is 17.7 Å². The fourth-order valence-corrected chi connectivity index (χ4v) is 1.90. The molecule has 0 bridgehead atoms. The summed E-state index contributed by atoms with van der Waals surface area (Å²) in [6.45, 7) is 2.42. The molecule has 1 rings (SSSR count). The molecule has 0 spiro atoms. The van der Waals surface area contributed by atoms with E-state index < -0.39 is 0 Å². The average molecular weight is 216 g/mol. The van der Waals surface area contributed by atoms with E-state index in [1.165, 1.54) is 16.3 Å². The Hall–Kier alpha value is -1.24. The number of hydrogen-bond donors (Lipinski definition) is 2. The SMILES string of the molecule is CCn1c(SCCC(N)=O)n[nH]c1=O. The van der Waals surface area contributed by atoms with E-state index in [4.69, 9.17) is 5.73 Å². The maximum atomic E-state index is 11.1. The van der Waals surface area contributed by atoms with E-state index in [9.17, 15) is 9.59 Å². The van der Waals surface area contributed by atoms with Crippen LogP contribution in [-0.2, 0) is 11.3 Å². The number of aromatic nitrogens is 3. The second-order valence-electron chi connectivity index (χ2n) is 2.62. The van der Waals surface area contributed by atoms with Gasteiger partial charge in [-0.15, -0.1) is 5.10 Å². The van der Waals surface area contributed by atoms with Crippen molar-refractivity contribution < 1.29 is 4.79 Å². The molecule has 0 atom stereocenters. The van der Waals surface area contributed by atoms with Gasteiger partial charge in [0.2, 0.25) is 5.91 Å². The van der Waals surface area contributed by atoms with Gasteiger partial charge in [0.1, 0.15) is 0 Å². The zero-order valence-corrected chi connectivity index (χ0v) is 8.63. The van der Waals surface area contributed by atoms with Crippen molar-refractivity contribution in [2.45, 2.75) is 25.0 Å². The smallest absolute Gasteiger partial charge is 0.343 e. The first-order chi connectivity index (χ1) is 6.65. The van der Waals surface area contributed by atoms with Gasteiger partial charge in [-0.3, -0.25) is 9.36 Å². The number of nitrogens with one attached hydrogen (secondary N) is 1. The summed E-state index contributed by atoms with van der Waals surface area (Å²) in [5, 5.41) is 6.76. The Balaban J connectivity index is 2.58. The van der Waals surface area contributed by atoms with Gasteiger partial charge in [0, 0.05) is 18.7 Å². The number of primary amides is 1. The first-order valence-corrected chi connectivity index (χ1v) is 5.20. The number of hydrogen-bond acceptors (Lipinski definition) is 4. The molecule has 1 amide bonds. The maximum Gasteiger partial charge on any atom is 0.343 e. The minimum Gasteiger partial charge on any atom is -0.370 e. The molecule has 0 aliphatic rings. The molecule has 0 saturated carbocycles. The third kappa shape index (κ3) is 2.63. The van der Waals surface area contributed by atoms with E-state index in [1.54, 1.807) is 0 Å². The predicted octanol–water partition coefficient (Wildman–Crippen LogP) is -0.441. The monoisotopic (exact) mass is 216 g/mol. The van der Waals surface area contributed by atoms with Crippen LogP contribution < -0.4 is 11.4 Å². The lowest BCUT2D eigenvalue weighted by molar-refractivity contribution is -0.117. The summed E-state index contributed by atoms with van der Waals surface area (Å²) in [4.78, 5) is 21.6. The average Bonchev–Trinajstić information content (AvgIpc) is 2.46. The highest BCUT2D eigenvalue weighted by Crippen LogP contribution is 2.13. The number of H-pyrrole nitrogens is 1. The Bertz CT molecular complexity index is 370. The summed E-state index contributed by atoms with van der Waals surface area (Å²) < 4.78 is 1.51. The second kappa shape index (κ2) is 4.85. The van der Waals surface area contributed by atoms with Crippen LogP contribution in [0.25, 0.3) is 0 Å². The molecule has 0 saturated heterocycles. The van der Waals surface area contributed by atoms with Gasteiger partial charge in [-0.2, -0.15) is 0 Å². The Morgan fingerprint density at radius 1 is 1.71 bits per heavy atom. The molecular formula is C7H12N4O2S. The molecule has 3 N–H and O–H groups in total. The molecule has 0 unspecified atom stereocenters. The standard InChI is InChI=1S/C7H12N4O2S/c1-2-11-6(13)9-10-7(11)14-4-3-5(8)12/h2-4H2,1H3,(H2,8,12)(H,9,13). The summed E-state index contributed by atoms with van der Waals surface area (Å²) in [6, 6.07) is 0. The van der Waals surface area contributed by atoms with Gasteiger partial charge in [0.05, 0.1) is 0 Å². The Morgan fingerprint density at radius 3 is 3.00 bits per heavy atom. The number of nitrogens with two attached hydrogens (primary N) is 1. The van der Waals surface area contributed by atoms with E-state index in [0.717, 1.165) is 0 Å². The van der Waals surface area contributed by atoms with Gasteiger partial charge in [-0.25, -0.2) is 9.89 Å². The Labute approximate surface area is 84.9 Å². The molecule has 0 aromatic carbocycles. The van der Waals surface area contributed by atoms with Crippen LogP contribution in [0.1, 0.15) is 13.3 Å². The van der Waals surface area contributed by atoms with E-state index in [-0.39, 0.29) is 18.0 Å². The fourth-order valence-electron chi connectivity index (χ4n) is 0.935. The molecular weight excluding hydrogens is 204 g/mol. The molecule has 0 fully saturated rings. The number of aromatic amines is 1. The van der Waals surface area contributed by atoms with Crippen molar-refractivity contribution in [3.8, 4) is 0 Å². The first-order valence-electron chi connectivity index (χ1n) is 4.21. The van der Waals surface area contributed by atoms with Crippen LogP contribution >= 0.6 is 11.8 Å². The molecule has 0 aliphatic carbocycles. The normalized spacial score (nSPS) is 10.4. The summed E-state index contributed by atoms with van der Waals surface area (Å²) in [6.07, 6.45) is 0.287. The van der Waals surface area contributed by atoms with Crippen LogP contribution in [-0.4, -0.2) is 26.4 Å². The number of nitrogens with zero attached hydrogens (tertiary/aromatic N) is 2. The summed E-state index contributed by atoms with van der Waals surface area (Å²) in [5.74, 6) is 0.193. The number of amides is 1. The molecule has 7 heteroatoms. The van der Waals surface area contributed by atoms with Crippen molar-refractivity contribution in [1.82, 2.24) is 14.8 Å². The number of carbonyl (C=O) groups excluding carboxylic acids is 1. The molecule has 14 heavy (non-hydrogen) atoms. The van der Waals surface area contributed by atoms with Gasteiger partial charge >= 0.3 is 5.69 Å². The zero-order valence-electron chi connectivity index (χ0n) is 7.82. The summed E-state index contributed by atoms with van der Waals surface area (Å²) >= 11 is 1.34. The Kier molecular flexibility index (Phi) is 3.75. The molecule has 1 aromatic rings. The maximum absolute atomic E-state index is 11.1. The Morgan fingerprint density at radius 2 is 2.43 bits per heavy atom.